The minimum absolute atomic E-state index is 0.137. The van der Waals surface area contributed by atoms with E-state index in [4.69, 9.17) is 4.74 Å². The normalized spacial score (nSPS) is 20.8. The summed E-state index contributed by atoms with van der Waals surface area (Å²) in [4.78, 5) is 43.4. The maximum absolute atomic E-state index is 13.8. The smallest absolute Gasteiger partial charge is 0.416 e. The lowest BCUT2D eigenvalue weighted by molar-refractivity contribution is -0.137. The van der Waals surface area contributed by atoms with E-state index in [9.17, 15) is 27.6 Å². The van der Waals surface area contributed by atoms with E-state index >= 15 is 0 Å². The lowest BCUT2D eigenvalue weighted by Gasteiger charge is -2.30. The van der Waals surface area contributed by atoms with E-state index in [0.29, 0.717) is 27.0 Å². The van der Waals surface area contributed by atoms with Gasteiger partial charge in [-0.1, -0.05) is 59.5 Å². The Morgan fingerprint density at radius 2 is 1.58 bits per heavy atom. The molecule has 3 atom stereocenters. The number of aromatic amines is 1. The number of nitrogens with one attached hydrogen (secondary N) is 1. The molecule has 192 valence electrons. The molecule has 0 saturated carbocycles. The molecule has 4 aromatic rings. The Hall–Kier alpha value is -3.83. The molecule has 1 fully saturated rings. The zero-order valence-corrected chi connectivity index (χ0v) is 20.9. The Kier molecular flexibility index (Phi) is 5.92. The van der Waals surface area contributed by atoms with Crippen molar-refractivity contribution in [1.82, 2.24) is 4.98 Å². The first-order valence-corrected chi connectivity index (χ1v) is 13.2. The highest BCUT2D eigenvalue weighted by molar-refractivity contribution is 8.00. The summed E-state index contributed by atoms with van der Waals surface area (Å²) in [6.07, 6.45) is -4.63. The largest absolute Gasteiger partial charge is 0.457 e. The number of nitrogens with zero attached hydrogens (tertiary/aromatic N) is 1. The Morgan fingerprint density at radius 1 is 0.842 bits per heavy atom. The quantitative estimate of drug-likeness (QED) is 0.311. The van der Waals surface area contributed by atoms with Crippen molar-refractivity contribution in [2.45, 2.75) is 22.4 Å². The summed E-state index contributed by atoms with van der Waals surface area (Å²) in [5.41, 5.74) is -0.442. The fourth-order valence-corrected chi connectivity index (χ4v) is 7.36. The van der Waals surface area contributed by atoms with E-state index in [0.717, 1.165) is 40.1 Å². The molecule has 3 unspecified atom stereocenters. The van der Waals surface area contributed by atoms with Crippen molar-refractivity contribution < 1.29 is 27.5 Å². The molecule has 11 heteroatoms. The van der Waals surface area contributed by atoms with Crippen molar-refractivity contribution in [2.75, 3.05) is 4.90 Å². The Labute approximate surface area is 222 Å². The summed E-state index contributed by atoms with van der Waals surface area (Å²) in [5.74, 6) is -1.72. The van der Waals surface area contributed by atoms with Gasteiger partial charge in [0, 0.05) is 10.8 Å². The SMILES string of the molecule is O=C1C2Sc3[nH]c(=O)sc3C(c3cccc(Oc4ccccc4)c3)C2C(=O)N1c1cccc(C(F)(F)F)c1. The number of ether oxygens (including phenoxy) is 1. The molecule has 0 bridgehead atoms. The van der Waals surface area contributed by atoms with Crippen LogP contribution in [0.5, 0.6) is 11.5 Å². The van der Waals surface area contributed by atoms with Crippen LogP contribution in [-0.4, -0.2) is 22.0 Å². The number of fused-ring (bicyclic) bond motifs is 2. The van der Waals surface area contributed by atoms with E-state index < -0.39 is 40.6 Å². The van der Waals surface area contributed by atoms with Crippen LogP contribution in [0.4, 0.5) is 18.9 Å². The molecule has 3 heterocycles. The average molecular weight is 555 g/mol. The van der Waals surface area contributed by atoms with Crippen LogP contribution in [-0.2, 0) is 15.8 Å². The van der Waals surface area contributed by atoms with Gasteiger partial charge in [0.25, 0.3) is 0 Å². The van der Waals surface area contributed by atoms with Crippen LogP contribution in [0.25, 0.3) is 0 Å². The first-order chi connectivity index (χ1) is 18.2. The zero-order valence-electron chi connectivity index (χ0n) is 19.3. The molecule has 1 aromatic heterocycles. The minimum Gasteiger partial charge on any atom is -0.457 e. The van der Waals surface area contributed by atoms with E-state index in [1.165, 1.54) is 12.1 Å². The number of aromatic nitrogens is 1. The second-order valence-corrected chi connectivity index (χ2v) is 11.0. The monoisotopic (exact) mass is 554 g/mol. The van der Waals surface area contributed by atoms with Crippen molar-refractivity contribution in [3.05, 3.63) is 105 Å². The first kappa shape index (κ1) is 24.5. The molecular weight excluding hydrogens is 537 g/mol. The molecule has 6 nitrogen and oxygen atoms in total. The van der Waals surface area contributed by atoms with Crippen LogP contribution >= 0.6 is 23.1 Å². The summed E-state index contributed by atoms with van der Waals surface area (Å²) in [7, 11) is 0. The average Bonchev–Trinajstić information content (AvgIpc) is 3.38. The molecule has 1 N–H and O–H groups in total. The molecular formula is C27H17F3N2O4S2. The van der Waals surface area contributed by atoms with Gasteiger partial charge in [0.15, 0.2) is 0 Å². The maximum atomic E-state index is 13.8. The van der Waals surface area contributed by atoms with Gasteiger partial charge in [-0.2, -0.15) is 13.2 Å². The Balaban J connectivity index is 1.42. The summed E-state index contributed by atoms with van der Waals surface area (Å²) < 4.78 is 46.0. The van der Waals surface area contributed by atoms with Crippen molar-refractivity contribution in [3.63, 3.8) is 0 Å². The highest BCUT2D eigenvalue weighted by atomic mass is 32.2. The third-order valence-electron chi connectivity index (χ3n) is 6.45. The molecule has 6 rings (SSSR count). The first-order valence-electron chi connectivity index (χ1n) is 11.5. The van der Waals surface area contributed by atoms with Crippen LogP contribution in [0.3, 0.4) is 0 Å². The van der Waals surface area contributed by atoms with E-state index in [1.54, 1.807) is 36.4 Å². The standard InChI is InChI=1S/C27H17F3N2O4S2/c28-27(29,30)15-7-5-8-16(13-15)32-24(33)20-19(21-23(31-26(35)38-21)37-22(20)25(32)34)14-6-4-11-18(12-14)36-17-9-2-1-3-10-17/h1-13,19-20,22H,(H,31,35). The number of benzene rings is 3. The third kappa shape index (κ3) is 4.21. The number of H-pyrrole nitrogens is 1. The van der Waals surface area contributed by atoms with E-state index in [-0.39, 0.29) is 10.6 Å². The fraction of sp³-hybridized carbons (Fsp3) is 0.148. The molecule has 0 aliphatic carbocycles. The van der Waals surface area contributed by atoms with Gasteiger partial charge in [-0.3, -0.25) is 14.4 Å². The van der Waals surface area contributed by atoms with Gasteiger partial charge in [0.2, 0.25) is 11.8 Å². The van der Waals surface area contributed by atoms with E-state index in [1.807, 2.05) is 18.2 Å². The predicted molar refractivity (Wildman–Crippen MR) is 137 cm³/mol. The second kappa shape index (κ2) is 9.17. The highest BCUT2D eigenvalue weighted by Crippen LogP contribution is 2.53. The topological polar surface area (TPSA) is 79.5 Å². The molecule has 3 aromatic carbocycles. The Bertz CT molecular complexity index is 1620. The Morgan fingerprint density at radius 3 is 2.34 bits per heavy atom. The number of para-hydroxylation sites is 1. The molecule has 2 aliphatic rings. The number of carbonyl (C=O) groups excluding carboxylic acids is 2. The van der Waals surface area contributed by atoms with Crippen LogP contribution in [0, 0.1) is 5.92 Å². The summed E-state index contributed by atoms with van der Waals surface area (Å²) in [6, 6.07) is 20.3. The maximum Gasteiger partial charge on any atom is 0.416 e. The number of thiazole rings is 1. The van der Waals surface area contributed by atoms with Gasteiger partial charge in [-0.25, -0.2) is 4.90 Å². The molecule has 38 heavy (non-hydrogen) atoms. The van der Waals surface area contributed by atoms with Gasteiger partial charge in [0.1, 0.15) is 16.7 Å². The minimum atomic E-state index is -4.63. The van der Waals surface area contributed by atoms with Gasteiger partial charge in [-0.05, 0) is 48.0 Å². The molecule has 0 radical (unpaired) electrons. The van der Waals surface area contributed by atoms with Gasteiger partial charge < -0.3 is 9.72 Å². The number of thioether (sulfide) groups is 1. The highest BCUT2D eigenvalue weighted by Gasteiger charge is 2.56. The summed E-state index contributed by atoms with van der Waals surface area (Å²) in [5, 5.41) is -0.439. The van der Waals surface area contributed by atoms with Crippen LogP contribution in [0.2, 0.25) is 0 Å². The van der Waals surface area contributed by atoms with Crippen LogP contribution in [0.1, 0.15) is 21.9 Å². The lowest BCUT2D eigenvalue weighted by Crippen LogP contribution is -2.32. The fourth-order valence-electron chi connectivity index (χ4n) is 4.85. The second-order valence-electron chi connectivity index (χ2n) is 8.80. The molecule has 2 amide bonds. The van der Waals surface area contributed by atoms with Crippen LogP contribution in [0.15, 0.2) is 88.7 Å². The summed E-state index contributed by atoms with van der Waals surface area (Å²) in [6.45, 7) is 0. The number of hydrogen-bond donors (Lipinski definition) is 1. The van der Waals surface area contributed by atoms with Crippen molar-refractivity contribution in [3.8, 4) is 11.5 Å². The van der Waals surface area contributed by atoms with Crippen molar-refractivity contribution in [2.24, 2.45) is 5.92 Å². The number of alkyl halides is 3. The van der Waals surface area contributed by atoms with Crippen LogP contribution < -0.4 is 14.5 Å². The number of imide groups is 1. The molecule has 0 spiro atoms. The third-order valence-corrected chi connectivity index (χ3v) is 8.85. The van der Waals surface area contributed by atoms with E-state index in [2.05, 4.69) is 4.98 Å². The zero-order chi connectivity index (χ0) is 26.6. The van der Waals surface area contributed by atoms with Crippen molar-refractivity contribution in [1.29, 1.82) is 0 Å². The number of rotatable bonds is 4. The number of carbonyl (C=O) groups is 2. The number of halogens is 3. The number of amides is 2. The predicted octanol–water partition coefficient (Wildman–Crippen LogP) is 6.04. The van der Waals surface area contributed by atoms with Gasteiger partial charge in [0.05, 0.1) is 22.2 Å². The lowest BCUT2D eigenvalue weighted by atomic mass is 9.83. The van der Waals surface area contributed by atoms with Gasteiger partial charge in [-0.15, -0.1) is 0 Å². The molecule has 1 saturated heterocycles. The van der Waals surface area contributed by atoms with Crippen molar-refractivity contribution >= 4 is 40.6 Å². The van der Waals surface area contributed by atoms with Gasteiger partial charge >= 0.3 is 11.0 Å². The molecule has 2 aliphatic heterocycles. The summed E-state index contributed by atoms with van der Waals surface area (Å²) >= 11 is 2.02. The number of hydrogen-bond acceptors (Lipinski definition) is 6. The number of anilines is 1.